The van der Waals surface area contributed by atoms with Gasteiger partial charge >= 0.3 is 0 Å². The summed E-state index contributed by atoms with van der Waals surface area (Å²) >= 11 is 6.30. The van der Waals surface area contributed by atoms with Gasteiger partial charge in [0, 0.05) is 16.3 Å². The average Bonchev–Trinajstić information content (AvgIpc) is 2.40. The van der Waals surface area contributed by atoms with Gasteiger partial charge in [0.1, 0.15) is 11.5 Å². The molecule has 2 nitrogen and oxygen atoms in total. The lowest BCUT2D eigenvalue weighted by atomic mass is 10.0. The van der Waals surface area contributed by atoms with Crippen LogP contribution in [0.5, 0.6) is 11.5 Å². The van der Waals surface area contributed by atoms with Crippen LogP contribution in [0.2, 0.25) is 5.02 Å². The Bertz CT molecular complexity index is 618. The van der Waals surface area contributed by atoms with E-state index in [-0.39, 0.29) is 0 Å². The number of halogens is 1. The van der Waals surface area contributed by atoms with E-state index in [2.05, 4.69) is 6.58 Å². The Morgan fingerprint density at radius 2 is 1.78 bits per heavy atom. The van der Waals surface area contributed by atoms with Gasteiger partial charge in [-0.3, -0.25) is 0 Å². The topological polar surface area (TPSA) is 18.5 Å². The number of hydrogen-bond acceptors (Lipinski definition) is 2. The summed E-state index contributed by atoms with van der Waals surface area (Å²) in [6.45, 7) is 5.70. The highest BCUT2D eigenvalue weighted by molar-refractivity contribution is 6.34. The van der Waals surface area contributed by atoms with Crippen LogP contribution in [-0.2, 0) is 0 Å². The van der Waals surface area contributed by atoms with Crippen LogP contribution in [0.25, 0.3) is 16.8 Å². The van der Waals surface area contributed by atoms with Crippen LogP contribution in [0.1, 0.15) is 11.1 Å². The van der Waals surface area contributed by atoms with Crippen molar-refractivity contribution in [3.05, 3.63) is 40.9 Å². The monoisotopic (exact) mass is 262 g/mol. The van der Waals surface area contributed by atoms with Crippen LogP contribution in [-0.4, -0.2) is 14.2 Å². The van der Waals surface area contributed by atoms with E-state index in [9.17, 15) is 0 Å². The van der Waals surface area contributed by atoms with E-state index >= 15 is 0 Å². The van der Waals surface area contributed by atoms with Crippen molar-refractivity contribution < 1.29 is 9.47 Å². The molecule has 0 aliphatic carbocycles. The molecule has 3 heteroatoms. The third kappa shape index (κ3) is 1.83. The molecule has 0 aliphatic rings. The van der Waals surface area contributed by atoms with Gasteiger partial charge in [-0.2, -0.15) is 0 Å². The minimum absolute atomic E-state index is 0.591. The van der Waals surface area contributed by atoms with Crippen molar-refractivity contribution in [1.82, 2.24) is 0 Å². The third-order valence-electron chi connectivity index (χ3n) is 3.05. The second kappa shape index (κ2) is 4.91. The molecular formula is C15H15ClO2. The molecule has 2 aromatic rings. The van der Waals surface area contributed by atoms with Gasteiger partial charge < -0.3 is 9.47 Å². The number of fused-ring (bicyclic) bond motifs is 1. The highest BCUT2D eigenvalue weighted by atomic mass is 35.5. The summed E-state index contributed by atoms with van der Waals surface area (Å²) in [5.41, 5.74) is 1.91. The fourth-order valence-corrected chi connectivity index (χ4v) is 2.39. The first-order chi connectivity index (χ1) is 8.63. The van der Waals surface area contributed by atoms with Crippen molar-refractivity contribution in [3.63, 3.8) is 0 Å². The van der Waals surface area contributed by atoms with Crippen molar-refractivity contribution in [2.24, 2.45) is 0 Å². The van der Waals surface area contributed by atoms with Crippen LogP contribution in [0.3, 0.4) is 0 Å². The summed E-state index contributed by atoms with van der Waals surface area (Å²) in [6.07, 6.45) is 1.80. The summed E-state index contributed by atoms with van der Waals surface area (Å²) < 4.78 is 10.9. The first-order valence-electron chi connectivity index (χ1n) is 5.60. The molecule has 94 valence electrons. The smallest absolute Gasteiger partial charge is 0.145 e. The number of ether oxygens (including phenoxy) is 2. The zero-order valence-corrected chi connectivity index (χ0v) is 11.5. The zero-order chi connectivity index (χ0) is 13.3. The molecule has 0 N–H and O–H groups in total. The Labute approximate surface area is 112 Å². The molecule has 2 rings (SSSR count). The van der Waals surface area contributed by atoms with E-state index in [1.54, 1.807) is 20.3 Å². The molecule has 0 fully saturated rings. The molecule has 0 spiro atoms. The van der Waals surface area contributed by atoms with E-state index in [0.29, 0.717) is 10.8 Å². The average molecular weight is 263 g/mol. The van der Waals surface area contributed by atoms with Crippen LogP contribution in [0, 0.1) is 6.92 Å². The number of hydrogen-bond donors (Lipinski definition) is 0. The predicted octanol–water partition coefficient (Wildman–Crippen LogP) is 4.46. The van der Waals surface area contributed by atoms with Gasteiger partial charge in [-0.05, 0) is 24.6 Å². The van der Waals surface area contributed by atoms with Gasteiger partial charge in [0.15, 0.2) is 0 Å². The molecule has 18 heavy (non-hydrogen) atoms. The lowest BCUT2D eigenvalue weighted by molar-refractivity contribution is 0.408. The van der Waals surface area contributed by atoms with Crippen LogP contribution in [0.15, 0.2) is 24.8 Å². The Hall–Kier alpha value is -1.67. The molecule has 0 saturated carbocycles. The maximum absolute atomic E-state index is 6.30. The standard InChI is InChI=1S/C15H15ClO2/c1-5-10-6-7-11-12(8-10)14(17-3)9(2)13(16)15(11)18-4/h5-8H,1H2,2-4H3. The maximum Gasteiger partial charge on any atom is 0.145 e. The fourth-order valence-electron chi connectivity index (χ4n) is 2.13. The molecule has 0 bridgehead atoms. The Morgan fingerprint density at radius 1 is 1.11 bits per heavy atom. The van der Waals surface area contributed by atoms with E-state index in [1.807, 2.05) is 25.1 Å². The van der Waals surface area contributed by atoms with Crippen molar-refractivity contribution in [2.75, 3.05) is 14.2 Å². The summed E-state index contributed by atoms with van der Waals surface area (Å²) in [4.78, 5) is 0. The van der Waals surface area contributed by atoms with Crippen LogP contribution in [0.4, 0.5) is 0 Å². The van der Waals surface area contributed by atoms with Gasteiger partial charge in [0.2, 0.25) is 0 Å². The lowest BCUT2D eigenvalue weighted by Crippen LogP contribution is -1.95. The van der Waals surface area contributed by atoms with Crippen LogP contribution < -0.4 is 9.47 Å². The van der Waals surface area contributed by atoms with Gasteiger partial charge in [-0.25, -0.2) is 0 Å². The summed E-state index contributed by atoms with van der Waals surface area (Å²) in [7, 11) is 3.26. The second-order valence-electron chi connectivity index (χ2n) is 4.01. The first-order valence-corrected chi connectivity index (χ1v) is 5.98. The molecule has 0 amide bonds. The summed E-state index contributed by atoms with van der Waals surface area (Å²) in [6, 6.07) is 5.97. The van der Waals surface area contributed by atoms with Crippen LogP contribution >= 0.6 is 11.6 Å². The molecule has 0 aliphatic heterocycles. The lowest BCUT2D eigenvalue weighted by Gasteiger charge is -2.15. The highest BCUT2D eigenvalue weighted by Gasteiger charge is 2.16. The molecular weight excluding hydrogens is 248 g/mol. The molecule has 0 radical (unpaired) electrons. The third-order valence-corrected chi connectivity index (χ3v) is 3.50. The predicted molar refractivity (Wildman–Crippen MR) is 76.9 cm³/mol. The quantitative estimate of drug-likeness (QED) is 0.813. The van der Waals surface area contributed by atoms with Crippen molar-refractivity contribution in [1.29, 1.82) is 0 Å². The molecule has 2 aromatic carbocycles. The summed E-state index contributed by atoms with van der Waals surface area (Å²) in [5, 5.41) is 2.51. The molecule has 0 heterocycles. The molecule has 0 atom stereocenters. The van der Waals surface area contributed by atoms with Crippen molar-refractivity contribution in [2.45, 2.75) is 6.92 Å². The fraction of sp³-hybridized carbons (Fsp3) is 0.200. The summed E-state index contributed by atoms with van der Waals surface area (Å²) in [5.74, 6) is 1.46. The Morgan fingerprint density at radius 3 is 2.33 bits per heavy atom. The van der Waals surface area contributed by atoms with Gasteiger partial charge in [-0.15, -0.1) is 0 Å². The molecule has 0 aromatic heterocycles. The zero-order valence-electron chi connectivity index (χ0n) is 10.7. The number of rotatable bonds is 3. The number of methoxy groups -OCH3 is 2. The Kier molecular flexibility index (Phi) is 3.48. The van der Waals surface area contributed by atoms with E-state index < -0.39 is 0 Å². The van der Waals surface area contributed by atoms with Crippen molar-refractivity contribution >= 4 is 28.4 Å². The van der Waals surface area contributed by atoms with E-state index in [4.69, 9.17) is 21.1 Å². The minimum Gasteiger partial charge on any atom is -0.496 e. The first kappa shape index (κ1) is 12.8. The van der Waals surface area contributed by atoms with Gasteiger partial charge in [0.05, 0.1) is 19.2 Å². The van der Waals surface area contributed by atoms with Crippen molar-refractivity contribution in [3.8, 4) is 11.5 Å². The second-order valence-corrected chi connectivity index (χ2v) is 4.39. The molecule has 0 unspecified atom stereocenters. The highest BCUT2D eigenvalue weighted by Crippen LogP contribution is 2.43. The van der Waals surface area contributed by atoms with Gasteiger partial charge in [0.25, 0.3) is 0 Å². The normalized spacial score (nSPS) is 10.4. The van der Waals surface area contributed by atoms with Gasteiger partial charge in [-0.1, -0.05) is 30.3 Å². The Balaban J connectivity index is 2.95. The SMILES string of the molecule is C=Cc1ccc2c(OC)c(Cl)c(C)c(OC)c2c1. The van der Waals surface area contributed by atoms with E-state index in [0.717, 1.165) is 27.6 Å². The molecule has 0 saturated heterocycles. The maximum atomic E-state index is 6.30. The minimum atomic E-state index is 0.591. The van der Waals surface area contributed by atoms with E-state index in [1.165, 1.54) is 0 Å². The number of benzene rings is 2. The largest absolute Gasteiger partial charge is 0.496 e.